The van der Waals surface area contributed by atoms with Crippen molar-refractivity contribution in [3.63, 3.8) is 0 Å². The Bertz CT molecular complexity index is 1030. The molecule has 4 rings (SSSR count). The van der Waals surface area contributed by atoms with Gasteiger partial charge in [-0.3, -0.25) is 14.5 Å². The van der Waals surface area contributed by atoms with Gasteiger partial charge in [0, 0.05) is 31.7 Å². The van der Waals surface area contributed by atoms with Crippen molar-refractivity contribution in [3.8, 4) is 5.75 Å². The van der Waals surface area contributed by atoms with Crippen LogP contribution in [-0.2, 0) is 14.3 Å². The topological polar surface area (TPSA) is 79.3 Å². The van der Waals surface area contributed by atoms with Crippen LogP contribution in [0.3, 0.4) is 0 Å². The number of methoxy groups -OCH3 is 1. The van der Waals surface area contributed by atoms with Gasteiger partial charge < -0.3 is 19.5 Å². The number of likely N-dealkylation sites (tertiary alicyclic amines) is 1. The summed E-state index contributed by atoms with van der Waals surface area (Å²) in [7, 11) is 1.53. The maximum Gasteiger partial charge on any atom is 0.295 e. The van der Waals surface area contributed by atoms with Crippen LogP contribution >= 0.6 is 0 Å². The fraction of sp³-hybridized carbons (Fsp3) is 0.333. The monoisotopic (exact) mass is 440 g/mol. The largest absolute Gasteiger partial charge is 0.507 e. The first kappa shape index (κ1) is 22.0. The summed E-state index contributed by atoms with van der Waals surface area (Å²) >= 11 is 0. The number of aliphatic hydroxyl groups is 1. The average Bonchev–Trinajstić information content (AvgIpc) is 3.08. The average molecular weight is 440 g/mol. The predicted molar refractivity (Wildman–Crippen MR) is 116 cm³/mol. The molecule has 0 saturated carbocycles. The van der Waals surface area contributed by atoms with Crippen LogP contribution in [0.5, 0.6) is 5.75 Å². The number of halogens is 1. The van der Waals surface area contributed by atoms with E-state index >= 15 is 0 Å². The van der Waals surface area contributed by atoms with Crippen LogP contribution in [0.25, 0.3) is 5.76 Å². The van der Waals surface area contributed by atoms with Gasteiger partial charge in [-0.25, -0.2) is 4.39 Å². The van der Waals surface area contributed by atoms with Crippen LogP contribution in [0.2, 0.25) is 0 Å². The van der Waals surface area contributed by atoms with Crippen molar-refractivity contribution in [2.75, 3.05) is 46.5 Å². The summed E-state index contributed by atoms with van der Waals surface area (Å²) in [6.45, 7) is 3.65. The third-order valence-corrected chi connectivity index (χ3v) is 5.83. The van der Waals surface area contributed by atoms with E-state index in [1.54, 1.807) is 24.3 Å². The highest BCUT2D eigenvalue weighted by Crippen LogP contribution is 2.40. The second-order valence-corrected chi connectivity index (χ2v) is 7.73. The van der Waals surface area contributed by atoms with Gasteiger partial charge in [0.15, 0.2) is 0 Å². The van der Waals surface area contributed by atoms with Gasteiger partial charge in [-0.05, 0) is 42.0 Å². The van der Waals surface area contributed by atoms with Crippen molar-refractivity contribution in [1.29, 1.82) is 0 Å². The second-order valence-electron chi connectivity index (χ2n) is 7.73. The van der Waals surface area contributed by atoms with Gasteiger partial charge in [0.25, 0.3) is 11.7 Å². The quantitative estimate of drug-likeness (QED) is 0.423. The second kappa shape index (κ2) is 9.50. The summed E-state index contributed by atoms with van der Waals surface area (Å²) in [6.07, 6.45) is 0. The molecule has 2 fully saturated rings. The molecule has 0 aromatic heterocycles. The van der Waals surface area contributed by atoms with Gasteiger partial charge in [-0.2, -0.15) is 0 Å². The molecule has 0 unspecified atom stereocenters. The van der Waals surface area contributed by atoms with Crippen LogP contribution in [-0.4, -0.2) is 73.1 Å². The SMILES string of the molecule is COc1cccc([C@H]2/C(=C(\O)c3ccc(F)cc3)C(=O)C(=O)N2CCN2CCOCC2)c1. The Labute approximate surface area is 185 Å². The number of amides is 1. The fourth-order valence-electron chi connectivity index (χ4n) is 4.11. The van der Waals surface area contributed by atoms with Crippen molar-refractivity contribution in [2.45, 2.75) is 6.04 Å². The standard InChI is InChI=1S/C24H25FN2O5/c1-31-19-4-2-3-17(15-19)21-20(22(28)16-5-7-18(25)8-6-16)23(29)24(30)27(21)10-9-26-11-13-32-14-12-26/h2-8,15,21,28H,9-14H2,1H3/b22-20+/t21-/m0/s1. The lowest BCUT2D eigenvalue weighted by Crippen LogP contribution is -2.42. The Hall–Kier alpha value is -3.23. The molecule has 2 aromatic carbocycles. The van der Waals surface area contributed by atoms with Crippen molar-refractivity contribution in [3.05, 3.63) is 71.0 Å². The van der Waals surface area contributed by atoms with Crippen molar-refractivity contribution < 1.29 is 28.6 Å². The number of morpholine rings is 1. The summed E-state index contributed by atoms with van der Waals surface area (Å²) in [6, 6.07) is 11.5. The van der Waals surface area contributed by atoms with E-state index in [1.165, 1.54) is 36.3 Å². The Balaban J connectivity index is 1.74. The molecule has 1 N–H and O–H groups in total. The van der Waals surface area contributed by atoms with E-state index in [9.17, 15) is 19.1 Å². The van der Waals surface area contributed by atoms with Crippen molar-refractivity contribution >= 4 is 17.4 Å². The molecule has 7 nitrogen and oxygen atoms in total. The summed E-state index contributed by atoms with van der Waals surface area (Å²) in [5.41, 5.74) is 0.900. The minimum absolute atomic E-state index is 0.0168. The zero-order valence-corrected chi connectivity index (χ0v) is 17.8. The van der Waals surface area contributed by atoms with E-state index in [4.69, 9.17) is 9.47 Å². The summed E-state index contributed by atoms with van der Waals surface area (Å²) < 4.78 is 24.1. The lowest BCUT2D eigenvalue weighted by atomic mass is 9.95. The number of ketones is 1. The number of carbonyl (C=O) groups excluding carboxylic acids is 2. The number of benzene rings is 2. The first-order valence-corrected chi connectivity index (χ1v) is 10.5. The predicted octanol–water partition coefficient (Wildman–Crippen LogP) is 2.59. The summed E-state index contributed by atoms with van der Waals surface area (Å²) in [5, 5.41) is 11.0. The molecule has 0 bridgehead atoms. The van der Waals surface area contributed by atoms with Crippen LogP contribution in [0.4, 0.5) is 4.39 Å². The summed E-state index contributed by atoms with van der Waals surface area (Å²) in [5.74, 6) is -1.65. The smallest absolute Gasteiger partial charge is 0.295 e. The lowest BCUT2D eigenvalue weighted by Gasteiger charge is -2.31. The van der Waals surface area contributed by atoms with Gasteiger partial charge in [0.2, 0.25) is 0 Å². The van der Waals surface area contributed by atoms with Crippen LogP contribution in [0, 0.1) is 5.82 Å². The zero-order chi connectivity index (χ0) is 22.7. The van der Waals surface area contributed by atoms with Gasteiger partial charge in [-0.15, -0.1) is 0 Å². The third-order valence-electron chi connectivity index (χ3n) is 5.83. The lowest BCUT2D eigenvalue weighted by molar-refractivity contribution is -0.140. The number of rotatable bonds is 6. The van der Waals surface area contributed by atoms with E-state index in [-0.39, 0.29) is 16.9 Å². The molecule has 2 aliphatic rings. The van der Waals surface area contributed by atoms with Gasteiger partial charge in [0.1, 0.15) is 17.3 Å². The van der Waals surface area contributed by atoms with E-state index < -0.39 is 23.5 Å². The Morgan fingerprint density at radius 1 is 1.12 bits per heavy atom. The van der Waals surface area contributed by atoms with E-state index in [1.807, 2.05) is 0 Å². The van der Waals surface area contributed by atoms with Gasteiger partial charge >= 0.3 is 0 Å². The minimum Gasteiger partial charge on any atom is -0.507 e. The summed E-state index contributed by atoms with van der Waals surface area (Å²) in [4.78, 5) is 29.7. The van der Waals surface area contributed by atoms with E-state index in [0.717, 1.165) is 13.1 Å². The molecule has 0 radical (unpaired) electrons. The minimum atomic E-state index is -0.781. The maximum atomic E-state index is 13.4. The van der Waals surface area contributed by atoms with Crippen LogP contribution < -0.4 is 4.74 Å². The number of Topliss-reactive ketones (excluding diaryl/α,β-unsaturated/α-hetero) is 1. The molecular weight excluding hydrogens is 415 g/mol. The molecule has 0 aliphatic carbocycles. The molecule has 1 atom stereocenters. The molecular formula is C24H25FN2O5. The Morgan fingerprint density at radius 3 is 2.53 bits per heavy atom. The number of aliphatic hydroxyl groups excluding tert-OH is 1. The molecule has 32 heavy (non-hydrogen) atoms. The van der Waals surface area contributed by atoms with Crippen LogP contribution in [0.15, 0.2) is 54.1 Å². The maximum absolute atomic E-state index is 13.4. The fourth-order valence-corrected chi connectivity index (χ4v) is 4.11. The van der Waals surface area contributed by atoms with Crippen molar-refractivity contribution in [2.24, 2.45) is 0 Å². The zero-order valence-electron chi connectivity index (χ0n) is 17.8. The van der Waals surface area contributed by atoms with Gasteiger partial charge in [-0.1, -0.05) is 12.1 Å². The molecule has 0 spiro atoms. The molecule has 2 heterocycles. The third kappa shape index (κ3) is 4.37. The molecule has 2 saturated heterocycles. The Kier molecular flexibility index (Phi) is 6.53. The number of hydrogen-bond donors (Lipinski definition) is 1. The highest BCUT2D eigenvalue weighted by molar-refractivity contribution is 6.46. The molecule has 2 aliphatic heterocycles. The highest BCUT2D eigenvalue weighted by Gasteiger charge is 2.46. The normalized spacial score (nSPS) is 21.2. The molecule has 2 aromatic rings. The van der Waals surface area contributed by atoms with Gasteiger partial charge in [0.05, 0.1) is 31.9 Å². The first-order chi connectivity index (χ1) is 15.5. The van der Waals surface area contributed by atoms with Crippen molar-refractivity contribution in [1.82, 2.24) is 9.80 Å². The highest BCUT2D eigenvalue weighted by atomic mass is 19.1. The molecule has 168 valence electrons. The van der Waals surface area contributed by atoms with E-state index in [2.05, 4.69) is 4.90 Å². The van der Waals surface area contributed by atoms with E-state index in [0.29, 0.717) is 37.6 Å². The number of ether oxygens (including phenoxy) is 2. The molecule has 1 amide bonds. The number of hydrogen-bond acceptors (Lipinski definition) is 6. The first-order valence-electron chi connectivity index (χ1n) is 10.5. The Morgan fingerprint density at radius 2 is 1.84 bits per heavy atom. The molecule has 8 heteroatoms. The number of nitrogens with zero attached hydrogens (tertiary/aromatic N) is 2. The number of carbonyl (C=O) groups is 2. The van der Waals surface area contributed by atoms with Crippen LogP contribution in [0.1, 0.15) is 17.2 Å².